The summed E-state index contributed by atoms with van der Waals surface area (Å²) in [6, 6.07) is 1.42. The van der Waals surface area contributed by atoms with Crippen molar-refractivity contribution in [3.8, 4) is 11.6 Å². The average molecular weight is 504 g/mol. The molecular weight excluding hydrogens is 466 g/mol. The van der Waals surface area contributed by atoms with E-state index in [1.165, 1.54) is 0 Å². The first-order chi connectivity index (χ1) is 17.2. The molecule has 1 unspecified atom stereocenters. The van der Waals surface area contributed by atoms with E-state index in [4.69, 9.17) is 19.2 Å². The molecule has 11 nitrogen and oxygen atoms in total. The highest BCUT2D eigenvalue weighted by atomic mass is 16.5. The van der Waals surface area contributed by atoms with E-state index in [0.29, 0.717) is 43.6 Å². The number of pyridine rings is 1. The van der Waals surface area contributed by atoms with Crippen LogP contribution in [-0.4, -0.2) is 81.5 Å². The number of aliphatic hydroxyl groups excluding tert-OH is 3. The number of hydrogen-bond donors (Lipinski definition) is 5. The largest absolute Gasteiger partial charge is 0.483 e. The molecule has 2 aromatic heterocycles. The van der Waals surface area contributed by atoms with Crippen molar-refractivity contribution in [1.82, 2.24) is 15.0 Å². The molecule has 198 valence electrons. The standard InChI is InChI=1S/C25H37N5O6/c1-12(2)35-19-10-15-9-18(36-23(15)14(4)27-19)20-13(3)28-25(26-6-7-34-5)30-24(20)29-17-8-16(11-31)21(32)22(17)33/h10,12,16-18,21-22,31-33H,6-9,11H2,1-5H3,(H2,26,28,29,30)/t16-,17-,18?,21-,22+/m1/s1. The number of nitrogens with one attached hydrogen (secondary N) is 2. The summed E-state index contributed by atoms with van der Waals surface area (Å²) in [7, 11) is 1.62. The smallest absolute Gasteiger partial charge is 0.224 e. The molecule has 0 saturated heterocycles. The van der Waals surface area contributed by atoms with Gasteiger partial charge < -0.3 is 40.2 Å². The molecule has 0 radical (unpaired) electrons. The number of ether oxygens (including phenoxy) is 3. The fraction of sp³-hybridized carbons (Fsp3) is 0.640. The fourth-order valence-electron chi connectivity index (χ4n) is 4.90. The van der Waals surface area contributed by atoms with Gasteiger partial charge in [-0.15, -0.1) is 0 Å². The van der Waals surface area contributed by atoms with Crippen LogP contribution in [0.1, 0.15) is 48.9 Å². The lowest BCUT2D eigenvalue weighted by molar-refractivity contribution is 0.00444. The first-order valence-corrected chi connectivity index (χ1v) is 12.4. The van der Waals surface area contributed by atoms with E-state index < -0.39 is 24.2 Å². The highest BCUT2D eigenvalue weighted by molar-refractivity contribution is 5.55. The van der Waals surface area contributed by atoms with Crippen molar-refractivity contribution < 1.29 is 29.5 Å². The third-order valence-electron chi connectivity index (χ3n) is 6.62. The van der Waals surface area contributed by atoms with Gasteiger partial charge in [0.2, 0.25) is 11.8 Å². The number of rotatable bonds is 10. The minimum absolute atomic E-state index is 0.00797. The summed E-state index contributed by atoms with van der Waals surface area (Å²) in [5.41, 5.74) is 3.23. The van der Waals surface area contributed by atoms with Crippen molar-refractivity contribution in [3.63, 3.8) is 0 Å². The van der Waals surface area contributed by atoms with E-state index in [1.807, 2.05) is 33.8 Å². The Hall–Kier alpha value is -2.73. The zero-order valence-electron chi connectivity index (χ0n) is 21.5. The number of anilines is 2. The number of nitrogens with zero attached hydrogens (tertiary/aromatic N) is 3. The normalized spacial score (nSPS) is 25.1. The zero-order valence-corrected chi connectivity index (χ0v) is 21.5. The van der Waals surface area contributed by atoms with E-state index in [-0.39, 0.29) is 18.8 Å². The molecule has 1 fully saturated rings. The van der Waals surface area contributed by atoms with Crippen molar-refractivity contribution in [2.24, 2.45) is 5.92 Å². The zero-order chi connectivity index (χ0) is 26.0. The summed E-state index contributed by atoms with van der Waals surface area (Å²) in [5.74, 6) is 1.80. The van der Waals surface area contributed by atoms with E-state index in [2.05, 4.69) is 20.6 Å². The Morgan fingerprint density at radius 3 is 2.58 bits per heavy atom. The van der Waals surface area contributed by atoms with Gasteiger partial charge in [0.05, 0.1) is 41.8 Å². The number of aromatic nitrogens is 3. The van der Waals surface area contributed by atoms with Crippen molar-refractivity contribution in [3.05, 3.63) is 28.6 Å². The third-order valence-corrected chi connectivity index (χ3v) is 6.62. The van der Waals surface area contributed by atoms with Crippen LogP contribution in [0.2, 0.25) is 0 Å². The monoisotopic (exact) mass is 503 g/mol. The summed E-state index contributed by atoms with van der Waals surface area (Å²) < 4.78 is 17.3. The van der Waals surface area contributed by atoms with Crippen LogP contribution < -0.4 is 20.1 Å². The van der Waals surface area contributed by atoms with Crippen LogP contribution in [0.3, 0.4) is 0 Å². The molecule has 2 aromatic rings. The number of aliphatic hydroxyl groups is 3. The number of hydrogen-bond acceptors (Lipinski definition) is 11. The number of fused-ring (bicyclic) bond motifs is 1. The van der Waals surface area contributed by atoms with Gasteiger partial charge in [-0.2, -0.15) is 4.98 Å². The summed E-state index contributed by atoms with van der Waals surface area (Å²) in [4.78, 5) is 13.9. The second kappa shape index (κ2) is 11.1. The Balaban J connectivity index is 1.65. The molecule has 11 heteroatoms. The maximum atomic E-state index is 10.6. The minimum Gasteiger partial charge on any atom is -0.483 e. The maximum absolute atomic E-state index is 10.6. The average Bonchev–Trinajstić information content (AvgIpc) is 3.35. The second-order valence-corrected chi connectivity index (χ2v) is 9.74. The van der Waals surface area contributed by atoms with E-state index >= 15 is 0 Å². The van der Waals surface area contributed by atoms with Crippen LogP contribution in [0.4, 0.5) is 11.8 Å². The summed E-state index contributed by atoms with van der Waals surface area (Å²) in [6.07, 6.45) is -1.44. The van der Waals surface area contributed by atoms with Gasteiger partial charge in [0.15, 0.2) is 0 Å². The highest BCUT2D eigenvalue weighted by Gasteiger charge is 2.42. The van der Waals surface area contributed by atoms with Crippen molar-refractivity contribution in [2.75, 3.05) is 37.5 Å². The lowest BCUT2D eigenvalue weighted by Crippen LogP contribution is -2.36. The molecule has 3 heterocycles. The van der Waals surface area contributed by atoms with Crippen molar-refractivity contribution in [2.45, 2.75) is 71.0 Å². The molecule has 5 atom stereocenters. The first kappa shape index (κ1) is 26.3. The molecule has 2 aliphatic rings. The van der Waals surface area contributed by atoms with Gasteiger partial charge in [0, 0.05) is 44.2 Å². The predicted molar refractivity (Wildman–Crippen MR) is 134 cm³/mol. The topological polar surface area (TPSA) is 151 Å². The molecule has 36 heavy (non-hydrogen) atoms. The third kappa shape index (κ3) is 5.49. The Kier molecular flexibility index (Phi) is 8.13. The number of methoxy groups -OCH3 is 1. The minimum atomic E-state index is -1.04. The summed E-state index contributed by atoms with van der Waals surface area (Å²) in [6.45, 7) is 8.52. The fourth-order valence-corrected chi connectivity index (χ4v) is 4.90. The van der Waals surface area contributed by atoms with Crippen LogP contribution in [0.25, 0.3) is 0 Å². The van der Waals surface area contributed by atoms with Crippen LogP contribution in [0, 0.1) is 19.8 Å². The van der Waals surface area contributed by atoms with Gasteiger partial charge in [-0.3, -0.25) is 0 Å². The molecule has 0 amide bonds. The predicted octanol–water partition coefficient (Wildman–Crippen LogP) is 1.52. The summed E-state index contributed by atoms with van der Waals surface area (Å²) >= 11 is 0. The Morgan fingerprint density at radius 1 is 1.14 bits per heavy atom. The Bertz CT molecular complexity index is 1070. The molecule has 0 aromatic carbocycles. The Labute approximate surface area is 211 Å². The van der Waals surface area contributed by atoms with E-state index in [0.717, 1.165) is 28.3 Å². The molecule has 0 spiro atoms. The number of aryl methyl sites for hydroxylation is 2. The van der Waals surface area contributed by atoms with E-state index in [9.17, 15) is 15.3 Å². The van der Waals surface area contributed by atoms with Crippen LogP contribution in [-0.2, 0) is 11.2 Å². The second-order valence-electron chi connectivity index (χ2n) is 9.74. The van der Waals surface area contributed by atoms with Crippen LogP contribution >= 0.6 is 0 Å². The van der Waals surface area contributed by atoms with Crippen LogP contribution in [0.15, 0.2) is 6.07 Å². The first-order valence-electron chi connectivity index (χ1n) is 12.4. The molecule has 5 N–H and O–H groups in total. The quantitative estimate of drug-likeness (QED) is 0.300. The van der Waals surface area contributed by atoms with Gasteiger partial charge in [-0.1, -0.05) is 0 Å². The van der Waals surface area contributed by atoms with Gasteiger partial charge in [0.1, 0.15) is 23.8 Å². The molecule has 0 bridgehead atoms. The van der Waals surface area contributed by atoms with Gasteiger partial charge in [-0.05, 0) is 34.1 Å². The Morgan fingerprint density at radius 2 is 1.92 bits per heavy atom. The van der Waals surface area contributed by atoms with Crippen molar-refractivity contribution >= 4 is 11.8 Å². The molecule has 1 aliphatic heterocycles. The van der Waals surface area contributed by atoms with Gasteiger partial charge in [0.25, 0.3) is 0 Å². The highest BCUT2D eigenvalue weighted by Crippen LogP contribution is 2.43. The van der Waals surface area contributed by atoms with E-state index in [1.54, 1.807) is 7.11 Å². The lowest BCUT2D eigenvalue weighted by Gasteiger charge is -2.24. The van der Waals surface area contributed by atoms with Gasteiger partial charge in [-0.25, -0.2) is 9.97 Å². The molecule has 1 saturated carbocycles. The maximum Gasteiger partial charge on any atom is 0.224 e. The summed E-state index contributed by atoms with van der Waals surface area (Å²) in [5, 5.41) is 37.0. The van der Waals surface area contributed by atoms with Crippen LogP contribution in [0.5, 0.6) is 11.6 Å². The molecule has 1 aliphatic carbocycles. The molecular formula is C25H37N5O6. The molecule has 4 rings (SSSR count). The van der Waals surface area contributed by atoms with Crippen molar-refractivity contribution in [1.29, 1.82) is 0 Å². The lowest BCUT2D eigenvalue weighted by atomic mass is 10.0. The van der Waals surface area contributed by atoms with Gasteiger partial charge >= 0.3 is 0 Å². The SMILES string of the molecule is COCCNc1nc(C)c(C2Cc3cc(OC(C)C)nc(C)c3O2)c(N[C@@H]2C[C@H](CO)[C@@H](O)[C@H]2O)n1.